The minimum Gasteiger partial charge on any atom is -0.481 e. The Labute approximate surface area is 118 Å². The molecule has 1 atom stereocenters. The molecule has 1 unspecified atom stereocenters. The number of hydrogen-bond donors (Lipinski definition) is 0. The molecular formula is C17H16O3. The van der Waals surface area contributed by atoms with E-state index in [1.807, 2.05) is 48.5 Å². The van der Waals surface area contributed by atoms with Gasteiger partial charge in [-0.05, 0) is 29.8 Å². The topological polar surface area (TPSA) is 27.7 Å². The minimum absolute atomic E-state index is 0.0543. The molecule has 0 aliphatic carbocycles. The highest BCUT2D eigenvalue weighted by Crippen LogP contribution is 2.32. The molecule has 2 aromatic carbocycles. The number of benzene rings is 2. The van der Waals surface area contributed by atoms with Gasteiger partial charge in [0.1, 0.15) is 17.6 Å². The van der Waals surface area contributed by atoms with Crippen molar-refractivity contribution in [3.05, 3.63) is 65.7 Å². The fourth-order valence-electron chi connectivity index (χ4n) is 2.15. The van der Waals surface area contributed by atoms with E-state index >= 15 is 0 Å². The molecule has 0 radical (unpaired) electrons. The molecule has 3 heteroatoms. The molecule has 1 aliphatic rings. The standard InChI is InChI=1S/C17H16O3/c1-18-12-19-15-9-6-14(7-10-15)17-11-8-13-4-2-3-5-16(13)20-17/h2-11,17H,12H2,1H3. The SMILES string of the molecule is COCOc1ccc(C2C=Cc3ccccc3O2)cc1. The first-order valence-corrected chi connectivity index (χ1v) is 6.52. The van der Waals surface area contributed by atoms with Gasteiger partial charge in [0.05, 0.1) is 0 Å². The van der Waals surface area contributed by atoms with E-state index in [0.717, 1.165) is 22.6 Å². The fraction of sp³-hybridized carbons (Fsp3) is 0.176. The summed E-state index contributed by atoms with van der Waals surface area (Å²) in [6, 6.07) is 15.9. The molecule has 0 bridgehead atoms. The summed E-state index contributed by atoms with van der Waals surface area (Å²) in [7, 11) is 1.60. The van der Waals surface area contributed by atoms with Gasteiger partial charge < -0.3 is 14.2 Å². The molecule has 0 N–H and O–H groups in total. The predicted molar refractivity (Wildman–Crippen MR) is 77.8 cm³/mol. The number of fused-ring (bicyclic) bond motifs is 1. The van der Waals surface area contributed by atoms with Crippen LogP contribution in [0.4, 0.5) is 0 Å². The Morgan fingerprint density at radius 2 is 1.85 bits per heavy atom. The Kier molecular flexibility index (Phi) is 3.70. The van der Waals surface area contributed by atoms with E-state index in [2.05, 4.69) is 12.2 Å². The van der Waals surface area contributed by atoms with Crippen molar-refractivity contribution >= 4 is 6.08 Å². The molecule has 1 heterocycles. The molecule has 0 spiro atoms. The fourth-order valence-corrected chi connectivity index (χ4v) is 2.15. The van der Waals surface area contributed by atoms with Crippen LogP contribution in [-0.4, -0.2) is 13.9 Å². The molecule has 102 valence electrons. The lowest BCUT2D eigenvalue weighted by atomic mass is 10.0. The molecule has 1 aliphatic heterocycles. The number of ether oxygens (including phenoxy) is 3. The number of rotatable bonds is 4. The number of hydrogen-bond acceptors (Lipinski definition) is 3. The molecule has 20 heavy (non-hydrogen) atoms. The van der Waals surface area contributed by atoms with Crippen LogP contribution >= 0.6 is 0 Å². The quantitative estimate of drug-likeness (QED) is 0.789. The van der Waals surface area contributed by atoms with Crippen LogP contribution in [0.25, 0.3) is 6.08 Å². The second-order valence-electron chi connectivity index (χ2n) is 4.56. The van der Waals surface area contributed by atoms with Crippen molar-refractivity contribution in [2.45, 2.75) is 6.10 Å². The maximum atomic E-state index is 5.99. The van der Waals surface area contributed by atoms with Crippen molar-refractivity contribution in [1.82, 2.24) is 0 Å². The minimum atomic E-state index is -0.0543. The van der Waals surface area contributed by atoms with Gasteiger partial charge in [0.15, 0.2) is 6.79 Å². The van der Waals surface area contributed by atoms with E-state index in [-0.39, 0.29) is 12.9 Å². The first-order valence-electron chi connectivity index (χ1n) is 6.52. The Balaban J connectivity index is 1.75. The van der Waals surface area contributed by atoms with Gasteiger partial charge >= 0.3 is 0 Å². The van der Waals surface area contributed by atoms with Crippen LogP contribution in [0.15, 0.2) is 54.6 Å². The van der Waals surface area contributed by atoms with Gasteiger partial charge in [-0.3, -0.25) is 0 Å². The van der Waals surface area contributed by atoms with Crippen LogP contribution in [-0.2, 0) is 4.74 Å². The lowest BCUT2D eigenvalue weighted by Crippen LogP contribution is -2.08. The first-order chi connectivity index (χ1) is 9.86. The zero-order valence-electron chi connectivity index (χ0n) is 11.3. The molecule has 2 aromatic rings. The maximum Gasteiger partial charge on any atom is 0.188 e. The molecule has 0 amide bonds. The maximum absolute atomic E-state index is 5.99. The Morgan fingerprint density at radius 3 is 2.65 bits per heavy atom. The highest BCUT2D eigenvalue weighted by atomic mass is 16.7. The normalized spacial score (nSPS) is 16.4. The second-order valence-corrected chi connectivity index (χ2v) is 4.56. The first kappa shape index (κ1) is 12.8. The molecule has 3 nitrogen and oxygen atoms in total. The van der Waals surface area contributed by atoms with Crippen LogP contribution < -0.4 is 9.47 Å². The van der Waals surface area contributed by atoms with E-state index in [0.29, 0.717) is 0 Å². The van der Waals surface area contributed by atoms with Gasteiger partial charge in [-0.1, -0.05) is 36.4 Å². The smallest absolute Gasteiger partial charge is 0.188 e. The second kappa shape index (κ2) is 5.80. The molecule has 0 aromatic heterocycles. The lowest BCUT2D eigenvalue weighted by Gasteiger charge is -2.21. The summed E-state index contributed by atoms with van der Waals surface area (Å²) in [4.78, 5) is 0. The van der Waals surface area contributed by atoms with Crippen molar-refractivity contribution in [3.8, 4) is 11.5 Å². The number of para-hydroxylation sites is 1. The van der Waals surface area contributed by atoms with Crippen LogP contribution in [0.1, 0.15) is 17.2 Å². The summed E-state index contributed by atoms with van der Waals surface area (Å²) in [6.07, 6.45) is 4.10. The van der Waals surface area contributed by atoms with E-state index in [4.69, 9.17) is 14.2 Å². The van der Waals surface area contributed by atoms with Gasteiger partial charge in [0, 0.05) is 12.7 Å². The van der Waals surface area contributed by atoms with E-state index in [1.165, 1.54) is 0 Å². The third-order valence-electron chi connectivity index (χ3n) is 3.18. The van der Waals surface area contributed by atoms with Gasteiger partial charge in [-0.15, -0.1) is 0 Å². The Hall–Kier alpha value is -2.26. The van der Waals surface area contributed by atoms with Crippen molar-refractivity contribution in [3.63, 3.8) is 0 Å². The van der Waals surface area contributed by atoms with Crippen molar-refractivity contribution in [1.29, 1.82) is 0 Å². The van der Waals surface area contributed by atoms with E-state index in [9.17, 15) is 0 Å². The summed E-state index contributed by atoms with van der Waals surface area (Å²) in [5.74, 6) is 1.70. The van der Waals surface area contributed by atoms with Gasteiger partial charge in [0.25, 0.3) is 0 Å². The van der Waals surface area contributed by atoms with Crippen LogP contribution in [0.2, 0.25) is 0 Å². The Bertz CT molecular complexity index is 602. The summed E-state index contributed by atoms with van der Waals surface area (Å²) in [5.41, 5.74) is 2.21. The van der Waals surface area contributed by atoms with Gasteiger partial charge in [0.2, 0.25) is 0 Å². The monoisotopic (exact) mass is 268 g/mol. The third kappa shape index (κ3) is 2.68. The molecule has 0 saturated heterocycles. The largest absolute Gasteiger partial charge is 0.481 e. The molecule has 0 saturated carbocycles. The summed E-state index contributed by atoms with van der Waals surface area (Å²) in [6.45, 7) is 0.257. The summed E-state index contributed by atoms with van der Waals surface area (Å²) in [5, 5.41) is 0. The van der Waals surface area contributed by atoms with Crippen molar-refractivity contribution < 1.29 is 14.2 Å². The molecule has 0 fully saturated rings. The predicted octanol–water partition coefficient (Wildman–Crippen LogP) is 3.82. The summed E-state index contributed by atoms with van der Waals surface area (Å²) >= 11 is 0. The van der Waals surface area contributed by atoms with Gasteiger partial charge in [-0.2, -0.15) is 0 Å². The van der Waals surface area contributed by atoms with Crippen LogP contribution in [0, 0.1) is 0 Å². The lowest BCUT2D eigenvalue weighted by molar-refractivity contribution is 0.0511. The summed E-state index contributed by atoms with van der Waals surface area (Å²) < 4.78 is 16.2. The zero-order chi connectivity index (χ0) is 13.8. The molecular weight excluding hydrogens is 252 g/mol. The van der Waals surface area contributed by atoms with E-state index in [1.54, 1.807) is 7.11 Å². The Morgan fingerprint density at radius 1 is 1.05 bits per heavy atom. The van der Waals surface area contributed by atoms with Crippen LogP contribution in [0.3, 0.4) is 0 Å². The van der Waals surface area contributed by atoms with Crippen molar-refractivity contribution in [2.24, 2.45) is 0 Å². The highest BCUT2D eigenvalue weighted by molar-refractivity contribution is 5.60. The van der Waals surface area contributed by atoms with Gasteiger partial charge in [-0.25, -0.2) is 0 Å². The zero-order valence-corrected chi connectivity index (χ0v) is 11.3. The molecule has 3 rings (SSSR count). The van der Waals surface area contributed by atoms with Crippen LogP contribution in [0.5, 0.6) is 11.5 Å². The third-order valence-corrected chi connectivity index (χ3v) is 3.18. The average Bonchev–Trinajstić information content (AvgIpc) is 2.53. The van der Waals surface area contributed by atoms with Crippen molar-refractivity contribution in [2.75, 3.05) is 13.9 Å². The number of methoxy groups -OCH3 is 1. The highest BCUT2D eigenvalue weighted by Gasteiger charge is 2.15. The van der Waals surface area contributed by atoms with E-state index < -0.39 is 0 Å². The average molecular weight is 268 g/mol.